The molecule has 0 bridgehead atoms. The third-order valence-electron chi connectivity index (χ3n) is 4.55. The summed E-state index contributed by atoms with van der Waals surface area (Å²) < 4.78 is 26.2. The lowest BCUT2D eigenvalue weighted by Crippen LogP contribution is -2.17. The number of aromatic nitrogens is 1. The lowest BCUT2D eigenvalue weighted by Gasteiger charge is -2.14. The van der Waals surface area contributed by atoms with E-state index in [1.807, 2.05) is 0 Å². The van der Waals surface area contributed by atoms with Gasteiger partial charge < -0.3 is 14.8 Å². The normalized spacial score (nSPS) is 10.3. The van der Waals surface area contributed by atoms with Crippen molar-refractivity contribution in [3.8, 4) is 28.6 Å². The number of esters is 1. The quantitative estimate of drug-likeness (QED) is 0.507. The molecule has 1 N–H and O–H groups in total. The molecule has 32 heavy (non-hydrogen) atoms. The molecule has 0 saturated carbocycles. The van der Waals surface area contributed by atoms with E-state index in [4.69, 9.17) is 26.3 Å². The van der Waals surface area contributed by atoms with Gasteiger partial charge in [0.2, 0.25) is 5.91 Å². The minimum Gasteiger partial charge on any atom is -0.496 e. The molecule has 7 nitrogen and oxygen atoms in total. The number of nitrogens with one attached hydrogen (secondary N) is 1. The van der Waals surface area contributed by atoms with E-state index >= 15 is 0 Å². The largest absolute Gasteiger partial charge is 0.496 e. The van der Waals surface area contributed by atoms with E-state index in [0.29, 0.717) is 22.6 Å². The molecule has 0 saturated heterocycles. The van der Waals surface area contributed by atoms with Gasteiger partial charge in [-0.05, 0) is 42.8 Å². The van der Waals surface area contributed by atoms with Crippen molar-refractivity contribution in [2.75, 3.05) is 19.0 Å². The second-order valence-electron chi connectivity index (χ2n) is 6.53. The number of carbonyl (C=O) groups is 2. The smallest absolute Gasteiger partial charge is 0.357 e. The first-order valence-electron chi connectivity index (χ1n) is 9.59. The van der Waals surface area contributed by atoms with Gasteiger partial charge in [-0.15, -0.1) is 0 Å². The van der Waals surface area contributed by atoms with Crippen LogP contribution in [0.1, 0.15) is 23.8 Å². The highest BCUT2D eigenvalue weighted by atomic mass is 35.5. The summed E-state index contributed by atoms with van der Waals surface area (Å²) >= 11 is 6.38. The molecule has 2 aromatic carbocycles. The van der Waals surface area contributed by atoms with Crippen LogP contribution in [0.25, 0.3) is 16.8 Å². The monoisotopic (exact) mass is 455 g/mol. The van der Waals surface area contributed by atoms with Crippen molar-refractivity contribution in [1.29, 1.82) is 5.26 Å². The van der Waals surface area contributed by atoms with Gasteiger partial charge in [0.15, 0.2) is 5.69 Å². The average molecular weight is 456 g/mol. The SMILES string of the molecule is CCOC(=O)c1c(NC(=O)CC#N)cc(Cl)n1-c1ccc(-c2c(F)cccc2OC)cc1. The number of anilines is 1. The summed E-state index contributed by atoms with van der Waals surface area (Å²) in [6.07, 6.45) is -0.385. The average Bonchev–Trinajstić information content (AvgIpc) is 3.09. The lowest BCUT2D eigenvalue weighted by molar-refractivity contribution is -0.115. The van der Waals surface area contributed by atoms with E-state index in [9.17, 15) is 14.0 Å². The standard InChI is InChI=1S/C23H19ClFN3O4/c1-3-32-23(30)22-17(27-20(29)11-12-26)13-19(24)28(22)15-9-7-14(8-10-15)21-16(25)5-4-6-18(21)31-2/h4-10,13H,3,11H2,1-2H3,(H,27,29). The molecule has 3 rings (SSSR count). The van der Waals surface area contributed by atoms with Crippen LogP contribution in [0.2, 0.25) is 5.15 Å². The van der Waals surface area contributed by atoms with Crippen molar-refractivity contribution in [3.63, 3.8) is 0 Å². The van der Waals surface area contributed by atoms with E-state index < -0.39 is 17.7 Å². The van der Waals surface area contributed by atoms with Crippen LogP contribution in [0.4, 0.5) is 10.1 Å². The van der Waals surface area contributed by atoms with Gasteiger partial charge in [0.05, 0.1) is 31.0 Å². The molecule has 0 aliphatic carbocycles. The van der Waals surface area contributed by atoms with Gasteiger partial charge in [0.1, 0.15) is 23.1 Å². The summed E-state index contributed by atoms with van der Waals surface area (Å²) in [6.45, 7) is 1.76. The second-order valence-corrected chi connectivity index (χ2v) is 6.92. The predicted molar refractivity (Wildman–Crippen MR) is 118 cm³/mol. The Labute approximate surface area is 188 Å². The summed E-state index contributed by atoms with van der Waals surface area (Å²) in [5.41, 5.74) is 1.47. The number of ether oxygens (including phenoxy) is 2. The number of carbonyl (C=O) groups excluding carboxylic acids is 2. The Hall–Kier alpha value is -3.83. The van der Waals surface area contributed by atoms with Gasteiger partial charge in [-0.1, -0.05) is 29.8 Å². The number of methoxy groups -OCH3 is 1. The van der Waals surface area contributed by atoms with Gasteiger partial charge in [-0.3, -0.25) is 9.36 Å². The second kappa shape index (κ2) is 9.98. The highest BCUT2D eigenvalue weighted by Gasteiger charge is 2.24. The minimum absolute atomic E-state index is 0.000591. The predicted octanol–water partition coefficient (Wildman–Crippen LogP) is 4.97. The van der Waals surface area contributed by atoms with Crippen molar-refractivity contribution in [3.05, 3.63) is 65.2 Å². The molecule has 1 heterocycles. The molecule has 0 fully saturated rings. The van der Waals surface area contributed by atoms with Gasteiger partial charge in [0, 0.05) is 5.69 Å². The fraction of sp³-hybridized carbons (Fsp3) is 0.174. The maximum atomic E-state index is 14.4. The molecule has 9 heteroatoms. The number of hydrogen-bond acceptors (Lipinski definition) is 5. The number of nitrogens with zero attached hydrogens (tertiary/aromatic N) is 2. The summed E-state index contributed by atoms with van der Waals surface area (Å²) in [4.78, 5) is 24.6. The molecule has 1 amide bonds. The first-order valence-corrected chi connectivity index (χ1v) is 9.97. The number of hydrogen-bond donors (Lipinski definition) is 1. The minimum atomic E-state index is -0.702. The van der Waals surface area contributed by atoms with Crippen molar-refractivity contribution in [2.45, 2.75) is 13.3 Å². The van der Waals surface area contributed by atoms with Crippen LogP contribution in [-0.2, 0) is 9.53 Å². The molecule has 0 aliphatic rings. The first kappa shape index (κ1) is 22.8. The van der Waals surface area contributed by atoms with Crippen molar-refractivity contribution in [2.24, 2.45) is 0 Å². The molecule has 164 valence electrons. The van der Waals surface area contributed by atoms with Crippen LogP contribution in [0.15, 0.2) is 48.5 Å². The molecular weight excluding hydrogens is 437 g/mol. The van der Waals surface area contributed by atoms with Gasteiger partial charge in [0.25, 0.3) is 0 Å². The van der Waals surface area contributed by atoms with Crippen LogP contribution >= 0.6 is 11.6 Å². The summed E-state index contributed by atoms with van der Waals surface area (Å²) in [7, 11) is 1.46. The Morgan fingerprint density at radius 1 is 1.22 bits per heavy atom. The molecule has 0 atom stereocenters. The fourth-order valence-electron chi connectivity index (χ4n) is 3.23. The zero-order chi connectivity index (χ0) is 23.3. The van der Waals surface area contributed by atoms with E-state index in [-0.39, 0.29) is 29.6 Å². The maximum Gasteiger partial charge on any atom is 0.357 e. The molecule has 0 aliphatic heterocycles. The number of benzene rings is 2. The van der Waals surface area contributed by atoms with Crippen LogP contribution in [0.5, 0.6) is 5.75 Å². The number of amides is 1. The van der Waals surface area contributed by atoms with Crippen LogP contribution in [-0.4, -0.2) is 30.2 Å². The van der Waals surface area contributed by atoms with Gasteiger partial charge in [-0.25, -0.2) is 9.18 Å². The zero-order valence-corrected chi connectivity index (χ0v) is 18.1. The van der Waals surface area contributed by atoms with E-state index in [1.165, 1.54) is 23.8 Å². The van der Waals surface area contributed by atoms with Crippen LogP contribution in [0.3, 0.4) is 0 Å². The van der Waals surface area contributed by atoms with E-state index in [1.54, 1.807) is 49.4 Å². The molecule has 0 spiro atoms. The highest BCUT2D eigenvalue weighted by molar-refractivity contribution is 6.31. The van der Waals surface area contributed by atoms with Crippen molar-refractivity contribution < 1.29 is 23.5 Å². The van der Waals surface area contributed by atoms with Gasteiger partial charge in [-0.2, -0.15) is 5.26 Å². The van der Waals surface area contributed by atoms with E-state index in [2.05, 4.69) is 5.32 Å². The Morgan fingerprint density at radius 2 is 1.94 bits per heavy atom. The van der Waals surface area contributed by atoms with Crippen molar-refractivity contribution in [1.82, 2.24) is 4.57 Å². The maximum absolute atomic E-state index is 14.4. The number of rotatable bonds is 7. The topological polar surface area (TPSA) is 93.4 Å². The lowest BCUT2D eigenvalue weighted by atomic mass is 10.0. The Bertz CT molecular complexity index is 1200. The first-order chi connectivity index (χ1) is 15.4. The summed E-state index contributed by atoms with van der Waals surface area (Å²) in [5, 5.41) is 11.4. The molecule has 3 aromatic rings. The number of nitriles is 1. The third-order valence-corrected chi connectivity index (χ3v) is 4.83. The molecule has 1 aromatic heterocycles. The Balaban J connectivity index is 2.08. The molecular formula is C23H19ClFN3O4. The third kappa shape index (κ3) is 4.58. The summed E-state index contributed by atoms with van der Waals surface area (Å²) in [6, 6.07) is 14.3. The Morgan fingerprint density at radius 3 is 2.56 bits per heavy atom. The molecule has 0 radical (unpaired) electrons. The van der Waals surface area contributed by atoms with E-state index in [0.717, 1.165) is 0 Å². The Kier molecular flexibility index (Phi) is 7.13. The van der Waals surface area contributed by atoms with Crippen LogP contribution in [0, 0.1) is 17.1 Å². The highest BCUT2D eigenvalue weighted by Crippen LogP contribution is 2.35. The zero-order valence-electron chi connectivity index (χ0n) is 17.3. The van der Waals surface area contributed by atoms with Gasteiger partial charge >= 0.3 is 5.97 Å². The summed E-state index contributed by atoms with van der Waals surface area (Å²) in [5.74, 6) is -1.35. The molecule has 0 unspecified atom stereocenters. The number of halogens is 2. The van der Waals surface area contributed by atoms with Crippen LogP contribution < -0.4 is 10.1 Å². The fourth-order valence-corrected chi connectivity index (χ4v) is 3.52. The van der Waals surface area contributed by atoms with Crippen molar-refractivity contribution >= 4 is 29.2 Å².